The molecule has 0 unspecified atom stereocenters. The van der Waals surface area contributed by atoms with Crippen molar-refractivity contribution in [3.8, 4) is 5.75 Å². The Morgan fingerprint density at radius 3 is 2.25 bits per heavy atom. The van der Waals surface area contributed by atoms with Crippen LogP contribution in [0, 0.1) is 0 Å². The second-order valence-corrected chi connectivity index (χ2v) is 6.09. The highest BCUT2D eigenvalue weighted by atomic mass is 16.3. The van der Waals surface area contributed by atoms with E-state index >= 15 is 0 Å². The number of benzene rings is 2. The first-order chi connectivity index (χ1) is 13.4. The number of phenolic OH excluding ortho intramolecular Hbond substituents is 1. The molecule has 148 valence electrons. The van der Waals surface area contributed by atoms with Gasteiger partial charge in [0.1, 0.15) is 11.8 Å². The van der Waals surface area contributed by atoms with Crippen LogP contribution in [0.2, 0.25) is 0 Å². The number of hydrogen-bond donors (Lipinski definition) is 6. The first-order valence-electron chi connectivity index (χ1n) is 8.67. The second kappa shape index (κ2) is 9.81. The zero-order valence-electron chi connectivity index (χ0n) is 15.3. The van der Waals surface area contributed by atoms with Crippen molar-refractivity contribution >= 4 is 29.1 Å². The molecular weight excluding hydrogens is 360 g/mol. The number of carbonyl (C=O) groups is 2. The molecule has 9 nitrogen and oxygen atoms in total. The number of anilines is 2. The highest BCUT2D eigenvalue weighted by molar-refractivity contribution is 6.06. The zero-order chi connectivity index (χ0) is 20.5. The maximum Gasteiger partial charge on any atom is 0.255 e. The van der Waals surface area contributed by atoms with Crippen LogP contribution in [-0.2, 0) is 4.79 Å². The van der Waals surface area contributed by atoms with Crippen molar-refractivity contribution in [2.24, 2.45) is 22.2 Å². The molecule has 0 spiro atoms. The number of rotatable bonds is 9. The Hall–Kier alpha value is -3.75. The van der Waals surface area contributed by atoms with Gasteiger partial charge in [0.2, 0.25) is 5.91 Å². The predicted octanol–water partition coefficient (Wildman–Crippen LogP) is 0.964. The number of para-hydroxylation sites is 2. The average Bonchev–Trinajstić information content (AvgIpc) is 2.65. The van der Waals surface area contributed by atoms with E-state index in [1.165, 1.54) is 24.3 Å². The molecule has 2 amide bonds. The largest absolute Gasteiger partial charge is 0.508 e. The van der Waals surface area contributed by atoms with Crippen LogP contribution in [0.15, 0.2) is 53.5 Å². The number of hydrogen-bond acceptors (Lipinski definition) is 5. The van der Waals surface area contributed by atoms with Gasteiger partial charge in [-0.3, -0.25) is 14.6 Å². The van der Waals surface area contributed by atoms with Gasteiger partial charge in [-0.15, -0.1) is 0 Å². The van der Waals surface area contributed by atoms with Crippen LogP contribution in [-0.4, -0.2) is 35.5 Å². The number of carbonyl (C=O) groups excluding carboxylic acids is 2. The van der Waals surface area contributed by atoms with Crippen LogP contribution in [0.5, 0.6) is 5.75 Å². The SMILES string of the molecule is NC(=O)[C@H](CCCN=C(N)N)Nc1ccccc1NC(=O)c1ccc(O)cc1. The molecule has 0 aliphatic heterocycles. The molecule has 0 radical (unpaired) electrons. The number of phenols is 1. The number of primary amides is 1. The lowest BCUT2D eigenvalue weighted by atomic mass is 10.1. The molecular formula is C19H24N6O3. The van der Waals surface area contributed by atoms with E-state index in [2.05, 4.69) is 15.6 Å². The van der Waals surface area contributed by atoms with Gasteiger partial charge in [0.05, 0.1) is 11.4 Å². The van der Waals surface area contributed by atoms with Crippen molar-refractivity contribution in [2.45, 2.75) is 18.9 Å². The van der Waals surface area contributed by atoms with E-state index < -0.39 is 11.9 Å². The summed E-state index contributed by atoms with van der Waals surface area (Å²) in [6.45, 7) is 0.382. The summed E-state index contributed by atoms with van der Waals surface area (Å²) in [5, 5.41) is 15.2. The highest BCUT2D eigenvalue weighted by Gasteiger charge is 2.17. The van der Waals surface area contributed by atoms with E-state index in [4.69, 9.17) is 17.2 Å². The quantitative estimate of drug-likeness (QED) is 0.214. The normalized spacial score (nSPS) is 11.3. The fraction of sp³-hybridized carbons (Fsp3) is 0.211. The van der Waals surface area contributed by atoms with E-state index in [9.17, 15) is 14.7 Å². The van der Waals surface area contributed by atoms with E-state index in [0.717, 1.165) is 0 Å². The summed E-state index contributed by atoms with van der Waals surface area (Å²) in [7, 11) is 0. The van der Waals surface area contributed by atoms with Crippen molar-refractivity contribution in [3.05, 3.63) is 54.1 Å². The fourth-order valence-electron chi connectivity index (χ4n) is 2.50. The summed E-state index contributed by atoms with van der Waals surface area (Å²) in [4.78, 5) is 28.1. The molecule has 2 rings (SSSR count). The monoisotopic (exact) mass is 384 g/mol. The summed E-state index contributed by atoms with van der Waals surface area (Å²) in [5.74, 6) is -0.809. The minimum Gasteiger partial charge on any atom is -0.508 e. The summed E-state index contributed by atoms with van der Waals surface area (Å²) in [6, 6.07) is 12.2. The van der Waals surface area contributed by atoms with Gasteiger partial charge in [0.25, 0.3) is 5.91 Å². The van der Waals surface area contributed by atoms with Crippen LogP contribution < -0.4 is 27.8 Å². The summed E-state index contributed by atoms with van der Waals surface area (Å²) >= 11 is 0. The Morgan fingerprint density at radius 2 is 1.64 bits per heavy atom. The first kappa shape index (κ1) is 20.6. The lowest BCUT2D eigenvalue weighted by Crippen LogP contribution is -2.36. The zero-order valence-corrected chi connectivity index (χ0v) is 15.3. The van der Waals surface area contributed by atoms with Crippen LogP contribution >= 0.6 is 0 Å². The van der Waals surface area contributed by atoms with Crippen LogP contribution in [0.25, 0.3) is 0 Å². The maximum absolute atomic E-state index is 12.4. The van der Waals surface area contributed by atoms with Gasteiger partial charge < -0.3 is 32.9 Å². The van der Waals surface area contributed by atoms with Gasteiger partial charge in [-0.1, -0.05) is 12.1 Å². The predicted molar refractivity (Wildman–Crippen MR) is 109 cm³/mol. The Kier molecular flexibility index (Phi) is 7.21. The molecule has 0 heterocycles. The third-order valence-corrected chi connectivity index (χ3v) is 3.92. The molecule has 0 saturated heterocycles. The van der Waals surface area contributed by atoms with E-state index in [1.54, 1.807) is 24.3 Å². The number of nitrogens with zero attached hydrogens (tertiary/aromatic N) is 1. The van der Waals surface area contributed by atoms with Crippen molar-refractivity contribution in [1.82, 2.24) is 0 Å². The third-order valence-electron chi connectivity index (χ3n) is 3.92. The smallest absolute Gasteiger partial charge is 0.255 e. The van der Waals surface area contributed by atoms with Gasteiger partial charge in [0, 0.05) is 12.1 Å². The summed E-state index contributed by atoms with van der Waals surface area (Å²) in [5.41, 5.74) is 17.5. The molecule has 2 aromatic rings. The standard InChI is InChI=1S/C19H24N6O3/c20-17(27)16(6-3-11-23-19(21)22)24-14-4-1-2-5-15(14)25-18(28)12-7-9-13(26)10-8-12/h1-2,4-5,7-10,16,24,26H,3,6,11H2,(H2,20,27)(H,25,28)(H4,21,22,23)/t16-/m0/s1. The van der Waals surface area contributed by atoms with Crippen molar-refractivity contribution in [1.29, 1.82) is 0 Å². The molecule has 2 aromatic carbocycles. The van der Waals surface area contributed by atoms with Gasteiger partial charge >= 0.3 is 0 Å². The molecule has 0 aliphatic carbocycles. The maximum atomic E-state index is 12.4. The lowest BCUT2D eigenvalue weighted by Gasteiger charge is -2.19. The molecule has 0 fully saturated rings. The number of amides is 2. The van der Waals surface area contributed by atoms with E-state index in [-0.39, 0.29) is 17.6 Å². The Bertz CT molecular complexity index is 847. The lowest BCUT2D eigenvalue weighted by molar-refractivity contribution is -0.118. The van der Waals surface area contributed by atoms with Gasteiger partial charge in [-0.05, 0) is 49.2 Å². The Morgan fingerprint density at radius 1 is 1.00 bits per heavy atom. The van der Waals surface area contributed by atoms with E-state index in [0.29, 0.717) is 36.3 Å². The summed E-state index contributed by atoms with van der Waals surface area (Å²) < 4.78 is 0. The van der Waals surface area contributed by atoms with Gasteiger partial charge in [-0.2, -0.15) is 0 Å². The van der Waals surface area contributed by atoms with Crippen LogP contribution in [0.3, 0.4) is 0 Å². The molecule has 9 N–H and O–H groups in total. The number of nitrogens with one attached hydrogen (secondary N) is 2. The van der Waals surface area contributed by atoms with Crippen molar-refractivity contribution in [3.63, 3.8) is 0 Å². The fourth-order valence-corrected chi connectivity index (χ4v) is 2.50. The second-order valence-electron chi connectivity index (χ2n) is 6.09. The minimum atomic E-state index is -0.652. The van der Waals surface area contributed by atoms with Gasteiger partial charge in [-0.25, -0.2) is 0 Å². The van der Waals surface area contributed by atoms with Gasteiger partial charge in [0.15, 0.2) is 5.96 Å². The Balaban J connectivity index is 2.08. The highest BCUT2D eigenvalue weighted by Crippen LogP contribution is 2.23. The summed E-state index contributed by atoms with van der Waals surface area (Å²) in [6.07, 6.45) is 0.979. The average molecular weight is 384 g/mol. The van der Waals surface area contributed by atoms with Crippen LogP contribution in [0.4, 0.5) is 11.4 Å². The molecule has 28 heavy (non-hydrogen) atoms. The van der Waals surface area contributed by atoms with E-state index in [1.807, 2.05) is 0 Å². The third kappa shape index (κ3) is 6.20. The molecule has 9 heteroatoms. The molecule has 0 bridgehead atoms. The minimum absolute atomic E-state index is 0.00845. The number of nitrogens with two attached hydrogens (primary N) is 3. The molecule has 0 saturated carbocycles. The molecule has 0 aliphatic rings. The molecule has 0 aromatic heterocycles. The number of guanidine groups is 1. The first-order valence-corrected chi connectivity index (χ1v) is 8.67. The number of aliphatic imine (C=N–C) groups is 1. The van der Waals surface area contributed by atoms with Crippen molar-refractivity contribution < 1.29 is 14.7 Å². The van der Waals surface area contributed by atoms with Crippen LogP contribution in [0.1, 0.15) is 23.2 Å². The van der Waals surface area contributed by atoms with Crippen molar-refractivity contribution in [2.75, 3.05) is 17.2 Å². The molecule has 1 atom stereocenters. The Labute approximate surface area is 162 Å². The number of aromatic hydroxyl groups is 1. The topological polar surface area (TPSA) is 169 Å².